The van der Waals surface area contributed by atoms with Crippen LogP contribution < -0.4 is 5.32 Å². The number of nitrogens with one attached hydrogen (secondary N) is 1. The number of anilines is 1. The molecular weight excluding hydrogens is 288 g/mol. The molecule has 3 rings (SSSR count). The molecule has 4 heteroatoms. The minimum absolute atomic E-state index is 0.224. The average molecular weight is 304 g/mol. The third-order valence-electron chi connectivity index (χ3n) is 3.80. The zero-order valence-corrected chi connectivity index (χ0v) is 12.8. The zero-order valence-electron chi connectivity index (χ0n) is 12.8. The van der Waals surface area contributed by atoms with E-state index < -0.39 is 0 Å². The molecule has 114 valence electrons. The van der Waals surface area contributed by atoms with E-state index in [-0.39, 0.29) is 5.91 Å². The first kappa shape index (κ1) is 15.0. The molecule has 0 atom stereocenters. The number of nitrogens with zero attached hydrogens (tertiary/aromatic N) is 1. The largest absolute Gasteiger partial charge is 0.322 e. The number of benzene rings is 2. The van der Waals surface area contributed by atoms with E-state index in [0.717, 1.165) is 5.56 Å². The fourth-order valence-corrected chi connectivity index (χ4v) is 2.17. The first-order valence-electron chi connectivity index (χ1n) is 7.53. The second-order valence-electron chi connectivity index (χ2n) is 5.62. The Hall–Kier alpha value is -2.93. The Bertz CT molecular complexity index is 809. The lowest BCUT2D eigenvalue weighted by atomic mass is 10.1. The lowest BCUT2D eigenvalue weighted by molar-refractivity contribution is 0.102. The van der Waals surface area contributed by atoms with E-state index in [1.165, 1.54) is 12.8 Å². The van der Waals surface area contributed by atoms with Gasteiger partial charge in [-0.1, -0.05) is 17.9 Å². The quantitative estimate of drug-likeness (QED) is 0.674. The molecule has 0 heterocycles. The highest BCUT2D eigenvalue weighted by atomic mass is 16.3. The van der Waals surface area contributed by atoms with Gasteiger partial charge in [0.05, 0.1) is 0 Å². The number of hydrogen-bond donors (Lipinski definition) is 1. The van der Waals surface area contributed by atoms with Gasteiger partial charge in [-0.25, -0.2) is 0 Å². The molecule has 1 aliphatic carbocycles. The molecule has 0 aromatic heterocycles. The van der Waals surface area contributed by atoms with E-state index in [9.17, 15) is 9.70 Å². The van der Waals surface area contributed by atoms with Crippen LogP contribution in [0.1, 0.15) is 34.3 Å². The van der Waals surface area contributed by atoms with Crippen molar-refractivity contribution < 1.29 is 4.79 Å². The first-order chi connectivity index (χ1) is 11.2. The van der Waals surface area contributed by atoms with Gasteiger partial charge in [-0.3, -0.25) is 4.79 Å². The normalized spacial score (nSPS) is 12.9. The summed E-state index contributed by atoms with van der Waals surface area (Å²) in [5.41, 5.74) is 3.03. The van der Waals surface area contributed by atoms with Gasteiger partial charge < -0.3 is 5.32 Å². The number of hydrogen-bond acceptors (Lipinski definition) is 3. The van der Waals surface area contributed by atoms with E-state index in [2.05, 4.69) is 22.3 Å². The van der Waals surface area contributed by atoms with Crippen molar-refractivity contribution in [3.05, 3.63) is 64.1 Å². The summed E-state index contributed by atoms with van der Waals surface area (Å²) in [5, 5.41) is 5.75. The highest BCUT2D eigenvalue weighted by Gasteiger charge is 2.17. The zero-order chi connectivity index (χ0) is 16.2. The van der Waals surface area contributed by atoms with Crippen LogP contribution in [-0.4, -0.2) is 5.91 Å². The molecule has 1 amide bonds. The topological polar surface area (TPSA) is 58.5 Å². The number of amides is 1. The second kappa shape index (κ2) is 6.45. The number of carbonyl (C=O) groups excluding carboxylic acids is 1. The molecule has 2 aromatic carbocycles. The molecule has 2 aromatic rings. The fourth-order valence-electron chi connectivity index (χ4n) is 2.17. The van der Waals surface area contributed by atoms with Gasteiger partial charge in [0.2, 0.25) is 0 Å². The monoisotopic (exact) mass is 304 g/mol. The van der Waals surface area contributed by atoms with Crippen LogP contribution >= 0.6 is 0 Å². The third-order valence-corrected chi connectivity index (χ3v) is 3.80. The SMILES string of the molecule is Cc1c(N=O)cccc1NC(=O)c1ccc(C#CC2CC2)cc1. The third kappa shape index (κ3) is 3.64. The van der Waals surface area contributed by atoms with Crippen molar-refractivity contribution in [2.75, 3.05) is 5.32 Å². The van der Waals surface area contributed by atoms with Gasteiger partial charge in [0.1, 0.15) is 5.69 Å². The molecule has 0 aliphatic heterocycles. The van der Waals surface area contributed by atoms with Crippen molar-refractivity contribution in [2.24, 2.45) is 11.1 Å². The van der Waals surface area contributed by atoms with Gasteiger partial charge in [-0.2, -0.15) is 0 Å². The summed E-state index contributed by atoms with van der Waals surface area (Å²) in [6.07, 6.45) is 2.39. The van der Waals surface area contributed by atoms with Gasteiger partial charge in [0.15, 0.2) is 0 Å². The van der Waals surface area contributed by atoms with E-state index in [1.807, 2.05) is 12.1 Å². The maximum atomic E-state index is 12.3. The van der Waals surface area contributed by atoms with Crippen molar-refractivity contribution >= 4 is 17.3 Å². The molecule has 0 bridgehead atoms. The van der Waals surface area contributed by atoms with E-state index in [1.54, 1.807) is 37.3 Å². The number of carbonyl (C=O) groups is 1. The lowest BCUT2D eigenvalue weighted by Gasteiger charge is -2.09. The van der Waals surface area contributed by atoms with Crippen LogP contribution in [0.15, 0.2) is 47.6 Å². The van der Waals surface area contributed by atoms with Crippen molar-refractivity contribution in [2.45, 2.75) is 19.8 Å². The maximum Gasteiger partial charge on any atom is 0.255 e. The molecule has 0 saturated heterocycles. The minimum atomic E-state index is -0.224. The Morgan fingerprint density at radius 2 is 1.91 bits per heavy atom. The Morgan fingerprint density at radius 3 is 2.57 bits per heavy atom. The van der Waals surface area contributed by atoms with Gasteiger partial charge in [-0.15, -0.1) is 4.91 Å². The number of nitroso groups, excluding NO2 is 1. The summed E-state index contributed by atoms with van der Waals surface area (Å²) in [6.45, 7) is 1.75. The summed E-state index contributed by atoms with van der Waals surface area (Å²) in [5.74, 6) is 6.64. The highest BCUT2D eigenvalue weighted by molar-refractivity contribution is 6.05. The average Bonchev–Trinajstić information content (AvgIpc) is 3.39. The predicted octanol–water partition coefficient (Wildman–Crippen LogP) is 4.41. The standard InChI is InChI=1S/C19H16N2O2/c1-13-17(3-2-4-18(13)21-23)20-19(22)16-11-9-15(10-12-16)8-7-14-5-6-14/h2-4,9-12,14H,5-6H2,1H3,(H,20,22). The van der Waals surface area contributed by atoms with Crippen molar-refractivity contribution in [1.82, 2.24) is 0 Å². The molecule has 1 aliphatic rings. The van der Waals surface area contributed by atoms with Gasteiger partial charge in [0.25, 0.3) is 5.91 Å². The van der Waals surface area contributed by atoms with Crippen LogP contribution in [0.25, 0.3) is 0 Å². The summed E-state index contributed by atoms with van der Waals surface area (Å²) in [6, 6.07) is 12.3. The van der Waals surface area contributed by atoms with Crippen LogP contribution in [0.3, 0.4) is 0 Å². The van der Waals surface area contributed by atoms with Crippen molar-refractivity contribution in [3.8, 4) is 11.8 Å². The molecule has 23 heavy (non-hydrogen) atoms. The van der Waals surface area contributed by atoms with Crippen LogP contribution in [0.4, 0.5) is 11.4 Å². The molecule has 0 unspecified atom stereocenters. The van der Waals surface area contributed by atoms with Crippen LogP contribution in [0.2, 0.25) is 0 Å². The predicted molar refractivity (Wildman–Crippen MR) is 90.6 cm³/mol. The van der Waals surface area contributed by atoms with E-state index in [4.69, 9.17) is 0 Å². The van der Waals surface area contributed by atoms with Gasteiger partial charge in [-0.05, 0) is 61.3 Å². The highest BCUT2D eigenvalue weighted by Crippen LogP contribution is 2.28. The molecular formula is C19H16N2O2. The van der Waals surface area contributed by atoms with E-state index >= 15 is 0 Å². The van der Waals surface area contributed by atoms with E-state index in [0.29, 0.717) is 28.4 Å². The van der Waals surface area contributed by atoms with Crippen LogP contribution in [0, 0.1) is 29.6 Å². The molecule has 1 fully saturated rings. The number of rotatable bonds is 3. The molecule has 0 radical (unpaired) electrons. The molecule has 4 nitrogen and oxygen atoms in total. The Kier molecular flexibility index (Phi) is 4.20. The van der Waals surface area contributed by atoms with Gasteiger partial charge in [0, 0.05) is 28.3 Å². The Labute approximate surface area is 134 Å². The molecule has 1 N–H and O–H groups in total. The second-order valence-corrected chi connectivity index (χ2v) is 5.62. The van der Waals surface area contributed by atoms with Crippen LogP contribution in [0.5, 0.6) is 0 Å². The molecule has 0 spiro atoms. The Morgan fingerprint density at radius 1 is 1.17 bits per heavy atom. The Balaban J connectivity index is 1.73. The molecule has 1 saturated carbocycles. The summed E-state index contributed by atoms with van der Waals surface area (Å²) < 4.78 is 0. The lowest BCUT2D eigenvalue weighted by Crippen LogP contribution is -2.12. The minimum Gasteiger partial charge on any atom is -0.322 e. The maximum absolute atomic E-state index is 12.3. The first-order valence-corrected chi connectivity index (χ1v) is 7.53. The van der Waals surface area contributed by atoms with Crippen molar-refractivity contribution in [3.63, 3.8) is 0 Å². The van der Waals surface area contributed by atoms with Crippen molar-refractivity contribution in [1.29, 1.82) is 0 Å². The summed E-state index contributed by atoms with van der Waals surface area (Å²) >= 11 is 0. The summed E-state index contributed by atoms with van der Waals surface area (Å²) in [4.78, 5) is 23.0. The summed E-state index contributed by atoms with van der Waals surface area (Å²) in [7, 11) is 0. The van der Waals surface area contributed by atoms with Gasteiger partial charge >= 0.3 is 0 Å². The fraction of sp³-hybridized carbons (Fsp3) is 0.211. The van der Waals surface area contributed by atoms with Crippen LogP contribution in [-0.2, 0) is 0 Å². The smallest absolute Gasteiger partial charge is 0.255 e.